The Balaban J connectivity index is 2.10. The summed E-state index contributed by atoms with van der Waals surface area (Å²) in [5.41, 5.74) is 1.27. The van der Waals surface area contributed by atoms with Crippen LogP contribution in [0.1, 0.15) is 35.3 Å². The zero-order chi connectivity index (χ0) is 19.1. The monoisotopic (exact) mass is 353 g/mol. The molecule has 0 aliphatic carbocycles. The van der Waals surface area contributed by atoms with E-state index in [0.717, 1.165) is 5.56 Å². The zero-order valence-corrected chi connectivity index (χ0v) is 14.8. The Hall–Kier alpha value is -2.83. The van der Waals surface area contributed by atoms with Crippen molar-refractivity contribution < 1.29 is 19.2 Å². The number of nitro groups is 1. The molecule has 0 radical (unpaired) electrons. The van der Waals surface area contributed by atoms with E-state index < -0.39 is 16.3 Å². The summed E-state index contributed by atoms with van der Waals surface area (Å²) in [4.78, 5) is 23.6. The van der Waals surface area contributed by atoms with Crippen LogP contribution in [0, 0.1) is 10.1 Å². The van der Waals surface area contributed by atoms with E-state index in [1.54, 1.807) is 12.1 Å². The van der Waals surface area contributed by atoms with Gasteiger partial charge in [0.1, 0.15) is 0 Å². The van der Waals surface area contributed by atoms with E-state index in [1.165, 1.54) is 31.4 Å². The number of ether oxygens (including phenoxy) is 2. The van der Waals surface area contributed by atoms with Crippen molar-refractivity contribution in [3.05, 3.63) is 81.9 Å². The zero-order valence-electron chi connectivity index (χ0n) is 14.8. The van der Waals surface area contributed by atoms with E-state index in [0.29, 0.717) is 16.7 Å². The third kappa shape index (κ3) is 2.64. The Kier molecular flexibility index (Phi) is 4.26. The summed E-state index contributed by atoms with van der Waals surface area (Å²) < 4.78 is 11.7. The number of hydrogen-bond acceptors (Lipinski definition) is 5. The molecule has 134 valence electrons. The summed E-state index contributed by atoms with van der Waals surface area (Å²) in [7, 11) is 1.39. The lowest BCUT2D eigenvalue weighted by Crippen LogP contribution is -2.53. The molecule has 2 aromatic carbocycles. The molecule has 0 saturated carbocycles. The summed E-state index contributed by atoms with van der Waals surface area (Å²) in [6.07, 6.45) is 0. The van der Waals surface area contributed by atoms with Crippen LogP contribution in [0.15, 0.2) is 55.1 Å². The fourth-order valence-corrected chi connectivity index (χ4v) is 3.27. The number of benzene rings is 2. The first-order chi connectivity index (χ1) is 12.2. The van der Waals surface area contributed by atoms with Gasteiger partial charge in [-0.3, -0.25) is 14.9 Å². The van der Waals surface area contributed by atoms with E-state index in [1.807, 2.05) is 26.0 Å². The van der Waals surface area contributed by atoms with Gasteiger partial charge in [-0.15, -0.1) is 0 Å². The maximum atomic E-state index is 13.2. The Labute approximate surface area is 151 Å². The molecule has 6 heteroatoms. The second kappa shape index (κ2) is 6.16. The quantitative estimate of drug-likeness (QED) is 0.611. The smallest absolute Gasteiger partial charge is 0.269 e. The molecule has 0 N–H and O–H groups in total. The summed E-state index contributed by atoms with van der Waals surface area (Å²) in [5, 5.41) is 10.9. The summed E-state index contributed by atoms with van der Waals surface area (Å²) in [6, 6.07) is 13.0. The van der Waals surface area contributed by atoms with Gasteiger partial charge in [0.25, 0.3) is 11.5 Å². The Bertz CT molecular complexity index is 901. The lowest BCUT2D eigenvalue weighted by Gasteiger charge is -2.44. The van der Waals surface area contributed by atoms with E-state index >= 15 is 0 Å². The highest BCUT2D eigenvalue weighted by molar-refractivity contribution is 6.11. The van der Waals surface area contributed by atoms with E-state index in [-0.39, 0.29) is 11.5 Å². The van der Waals surface area contributed by atoms with E-state index in [2.05, 4.69) is 6.58 Å². The number of non-ortho nitro benzene ring substituents is 1. The molecule has 0 aromatic heterocycles. The van der Waals surface area contributed by atoms with Gasteiger partial charge < -0.3 is 9.47 Å². The van der Waals surface area contributed by atoms with Crippen LogP contribution in [-0.2, 0) is 15.1 Å². The maximum absolute atomic E-state index is 13.2. The Morgan fingerprint density at radius 2 is 1.77 bits per heavy atom. The molecule has 1 heterocycles. The van der Waals surface area contributed by atoms with Crippen LogP contribution in [0.3, 0.4) is 0 Å². The Morgan fingerprint density at radius 1 is 1.15 bits per heavy atom. The maximum Gasteiger partial charge on any atom is 0.269 e. The van der Waals surface area contributed by atoms with Crippen molar-refractivity contribution in [2.45, 2.75) is 25.2 Å². The number of carbonyl (C=O) groups excluding carboxylic acids is 1. The molecule has 1 unspecified atom stereocenters. The molecule has 0 bridgehead atoms. The van der Waals surface area contributed by atoms with E-state index in [9.17, 15) is 14.9 Å². The molecular formula is C20H19NO5. The molecule has 6 nitrogen and oxygen atoms in total. The normalized spacial score (nSPS) is 21.1. The van der Waals surface area contributed by atoms with Crippen LogP contribution in [0.2, 0.25) is 0 Å². The fourth-order valence-electron chi connectivity index (χ4n) is 3.27. The van der Waals surface area contributed by atoms with Crippen molar-refractivity contribution in [2.24, 2.45) is 0 Å². The molecule has 1 atom stereocenters. The van der Waals surface area contributed by atoms with E-state index in [4.69, 9.17) is 9.47 Å². The van der Waals surface area contributed by atoms with Crippen LogP contribution in [0.5, 0.6) is 0 Å². The number of nitrogens with zero attached hydrogens (tertiary/aromatic N) is 1. The second-order valence-corrected chi connectivity index (χ2v) is 6.59. The van der Waals surface area contributed by atoms with Crippen molar-refractivity contribution in [2.75, 3.05) is 7.11 Å². The van der Waals surface area contributed by atoms with Gasteiger partial charge in [0.15, 0.2) is 0 Å². The third-order valence-electron chi connectivity index (χ3n) is 4.63. The van der Waals surface area contributed by atoms with Crippen molar-refractivity contribution in [1.29, 1.82) is 0 Å². The highest BCUT2D eigenvalue weighted by atomic mass is 16.7. The minimum Gasteiger partial charge on any atom is -0.343 e. The average Bonchev–Trinajstić information content (AvgIpc) is 2.64. The molecule has 0 amide bonds. The van der Waals surface area contributed by atoms with Gasteiger partial charge in [-0.25, -0.2) is 0 Å². The molecule has 1 aliphatic heterocycles. The lowest BCUT2D eigenvalue weighted by atomic mass is 9.81. The second-order valence-electron chi connectivity index (χ2n) is 6.59. The van der Waals surface area contributed by atoms with Gasteiger partial charge >= 0.3 is 0 Å². The molecular weight excluding hydrogens is 334 g/mol. The predicted octanol–water partition coefficient (Wildman–Crippen LogP) is 4.10. The van der Waals surface area contributed by atoms with Crippen molar-refractivity contribution in [3.63, 3.8) is 0 Å². The van der Waals surface area contributed by atoms with Crippen LogP contribution in [-0.4, -0.2) is 23.6 Å². The number of carbonyl (C=O) groups is 1. The van der Waals surface area contributed by atoms with Crippen molar-refractivity contribution in [3.8, 4) is 0 Å². The molecule has 0 spiro atoms. The topological polar surface area (TPSA) is 78.7 Å². The lowest BCUT2D eigenvalue weighted by molar-refractivity contribution is -0.384. The number of fused-ring (bicyclic) bond motifs is 1. The number of methoxy groups -OCH3 is 1. The average molecular weight is 353 g/mol. The highest BCUT2D eigenvalue weighted by Crippen LogP contribution is 2.45. The van der Waals surface area contributed by atoms with Crippen molar-refractivity contribution in [1.82, 2.24) is 0 Å². The minimum absolute atomic E-state index is 0.0467. The van der Waals surface area contributed by atoms with Gasteiger partial charge in [-0.05, 0) is 37.1 Å². The van der Waals surface area contributed by atoms with Crippen LogP contribution in [0.25, 0.3) is 5.57 Å². The van der Waals surface area contributed by atoms with Gasteiger partial charge in [0.05, 0.1) is 10.5 Å². The molecule has 0 saturated heterocycles. The van der Waals surface area contributed by atoms with Crippen LogP contribution < -0.4 is 0 Å². The van der Waals surface area contributed by atoms with Crippen LogP contribution >= 0.6 is 0 Å². The van der Waals surface area contributed by atoms with Gasteiger partial charge in [0, 0.05) is 30.4 Å². The first kappa shape index (κ1) is 18.0. The van der Waals surface area contributed by atoms with Crippen molar-refractivity contribution >= 4 is 17.0 Å². The Morgan fingerprint density at radius 3 is 2.35 bits per heavy atom. The number of ketones is 1. The first-order valence-electron chi connectivity index (χ1n) is 8.07. The number of nitro benzene ring substituents is 1. The molecule has 2 aromatic rings. The van der Waals surface area contributed by atoms with Gasteiger partial charge in [-0.1, -0.05) is 30.8 Å². The van der Waals surface area contributed by atoms with Gasteiger partial charge in [-0.2, -0.15) is 0 Å². The SMILES string of the molecule is C=C(c1ccc([N+](=O)[O-])cc1)C1(OC)OC(C)(C)c2ccccc2C1=O. The van der Waals surface area contributed by atoms with Crippen LogP contribution in [0.4, 0.5) is 5.69 Å². The third-order valence-corrected chi connectivity index (χ3v) is 4.63. The number of Topliss-reactive ketones (excluding diaryl/α,β-unsaturated/α-hetero) is 1. The summed E-state index contributed by atoms with van der Waals surface area (Å²) in [5.74, 6) is -2.05. The molecule has 26 heavy (non-hydrogen) atoms. The minimum atomic E-state index is -1.70. The standard InChI is InChI=1S/C20H19NO5/c1-13(14-9-11-15(12-10-14)21(23)24)20(25-4)18(22)16-7-5-6-8-17(16)19(2,3)26-20/h5-12H,1H2,2-4H3. The molecule has 3 rings (SSSR count). The summed E-state index contributed by atoms with van der Waals surface area (Å²) >= 11 is 0. The highest BCUT2D eigenvalue weighted by Gasteiger charge is 2.53. The fraction of sp³-hybridized carbons (Fsp3) is 0.250. The number of hydrogen-bond donors (Lipinski definition) is 0. The first-order valence-corrected chi connectivity index (χ1v) is 8.07. The number of rotatable bonds is 4. The molecule has 1 aliphatic rings. The largest absolute Gasteiger partial charge is 0.343 e. The molecule has 0 fully saturated rings. The summed E-state index contributed by atoms with van der Waals surface area (Å²) in [6.45, 7) is 7.73. The predicted molar refractivity (Wildman–Crippen MR) is 96.8 cm³/mol. The van der Waals surface area contributed by atoms with Gasteiger partial charge in [0.2, 0.25) is 5.78 Å².